The van der Waals surface area contributed by atoms with Crippen LogP contribution in [0.4, 0.5) is 13.2 Å². The van der Waals surface area contributed by atoms with Crippen LogP contribution in [0.1, 0.15) is 66.7 Å². The average Bonchev–Trinajstić information content (AvgIpc) is 3.10. The molecule has 13 heteroatoms. The fourth-order valence-electron chi connectivity index (χ4n) is 7.67. The maximum atomic E-state index is 13.9. The number of nitrogens with one attached hydrogen (secondary N) is 3. The van der Waals surface area contributed by atoms with E-state index in [2.05, 4.69) is 10.6 Å². The largest absolute Gasteiger partial charge is 0.471 e. The van der Waals surface area contributed by atoms with Gasteiger partial charge < -0.3 is 25.6 Å². The second kappa shape index (κ2) is 9.57. The second-order valence-electron chi connectivity index (χ2n) is 14.0. The molecule has 0 aromatic rings. The molecule has 6 rings (SSSR count). The Morgan fingerprint density at radius 1 is 1.15 bits per heavy atom. The van der Waals surface area contributed by atoms with E-state index in [0.29, 0.717) is 12.3 Å². The van der Waals surface area contributed by atoms with Crippen molar-refractivity contribution in [3.63, 3.8) is 0 Å². The van der Waals surface area contributed by atoms with Gasteiger partial charge >= 0.3 is 12.1 Å². The van der Waals surface area contributed by atoms with Gasteiger partial charge in [0.2, 0.25) is 17.7 Å². The summed E-state index contributed by atoms with van der Waals surface area (Å²) in [6, 6.07) is -1.66. The SMILES string of the molecule is CC(OC12CC(C1)C2)C(NC(=O)C(F)(F)F)C(=O)N1CC2C(C1C(=O)NC(C#N)CC1CC(C)(C)NC1=O)C2(C)C. The van der Waals surface area contributed by atoms with E-state index in [1.165, 1.54) is 11.8 Å². The molecule has 0 aromatic heterocycles. The molecule has 4 saturated carbocycles. The highest BCUT2D eigenvalue weighted by molar-refractivity contribution is 5.95. The van der Waals surface area contributed by atoms with Gasteiger partial charge in [-0.05, 0) is 76.0 Å². The number of nitrogens with zero attached hydrogens (tertiary/aromatic N) is 2. The first-order chi connectivity index (χ1) is 18.9. The van der Waals surface area contributed by atoms with Gasteiger partial charge in [-0.1, -0.05) is 13.8 Å². The van der Waals surface area contributed by atoms with E-state index in [0.717, 1.165) is 19.3 Å². The number of piperidine rings is 1. The zero-order valence-corrected chi connectivity index (χ0v) is 23.9. The van der Waals surface area contributed by atoms with E-state index in [1.54, 1.807) is 0 Å². The maximum absolute atomic E-state index is 13.9. The number of carbonyl (C=O) groups excluding carboxylic acids is 4. The number of nitriles is 1. The summed E-state index contributed by atoms with van der Waals surface area (Å²) >= 11 is 0. The summed E-state index contributed by atoms with van der Waals surface area (Å²) in [5.41, 5.74) is -1.20. The number of ether oxygens (including phenoxy) is 1. The van der Waals surface area contributed by atoms with Crippen molar-refractivity contribution in [2.24, 2.45) is 29.1 Å². The molecule has 2 heterocycles. The Hall–Kier alpha value is -2.88. The van der Waals surface area contributed by atoms with E-state index in [4.69, 9.17) is 4.74 Å². The lowest BCUT2D eigenvalue weighted by Crippen LogP contribution is -2.65. The lowest BCUT2D eigenvalue weighted by atomic mass is 9.52. The topological polar surface area (TPSA) is 141 Å². The van der Waals surface area contributed by atoms with E-state index in [1.807, 2.05) is 39.1 Å². The Morgan fingerprint density at radius 3 is 2.27 bits per heavy atom. The van der Waals surface area contributed by atoms with Gasteiger partial charge in [0.25, 0.3) is 0 Å². The molecule has 6 fully saturated rings. The van der Waals surface area contributed by atoms with Crippen LogP contribution in [0, 0.1) is 40.4 Å². The van der Waals surface area contributed by atoms with Gasteiger partial charge in [-0.25, -0.2) is 0 Å². The molecular formula is C28H38F3N5O5. The zero-order valence-electron chi connectivity index (χ0n) is 23.9. The number of carbonyl (C=O) groups is 4. The van der Waals surface area contributed by atoms with Gasteiger partial charge in [0.05, 0.1) is 17.8 Å². The second-order valence-corrected chi connectivity index (χ2v) is 14.0. The van der Waals surface area contributed by atoms with E-state index >= 15 is 0 Å². The molecule has 2 aliphatic heterocycles. The zero-order chi connectivity index (χ0) is 30.3. The van der Waals surface area contributed by atoms with Crippen LogP contribution >= 0.6 is 0 Å². The van der Waals surface area contributed by atoms with Gasteiger partial charge in [0.15, 0.2) is 0 Å². The normalized spacial score (nSPS) is 35.9. The van der Waals surface area contributed by atoms with E-state index < -0.39 is 65.2 Å². The number of likely N-dealkylation sites (tertiary alicyclic amines) is 1. The molecule has 0 radical (unpaired) electrons. The number of halogens is 3. The monoisotopic (exact) mass is 581 g/mol. The van der Waals surface area contributed by atoms with Crippen LogP contribution < -0.4 is 16.0 Å². The molecule has 226 valence electrons. The van der Waals surface area contributed by atoms with Crippen LogP contribution in [0.5, 0.6) is 0 Å². The molecule has 4 aliphatic carbocycles. The molecule has 41 heavy (non-hydrogen) atoms. The first-order valence-corrected chi connectivity index (χ1v) is 14.3. The quantitative estimate of drug-likeness (QED) is 0.379. The van der Waals surface area contributed by atoms with Gasteiger partial charge in [-0.15, -0.1) is 0 Å². The van der Waals surface area contributed by atoms with Crippen molar-refractivity contribution in [1.29, 1.82) is 5.26 Å². The maximum Gasteiger partial charge on any atom is 0.471 e. The Morgan fingerprint density at radius 2 is 1.78 bits per heavy atom. The Kier molecular flexibility index (Phi) is 6.91. The highest BCUT2D eigenvalue weighted by atomic mass is 19.4. The van der Waals surface area contributed by atoms with Crippen molar-refractivity contribution in [3.05, 3.63) is 0 Å². The molecule has 2 bridgehead atoms. The molecule has 6 aliphatic rings. The molecule has 7 atom stereocenters. The molecule has 2 saturated heterocycles. The molecule has 0 aromatic carbocycles. The number of alkyl halides is 3. The van der Waals surface area contributed by atoms with Crippen LogP contribution in [0.25, 0.3) is 0 Å². The predicted molar refractivity (Wildman–Crippen MR) is 137 cm³/mol. The molecule has 0 spiro atoms. The van der Waals surface area contributed by atoms with Crippen molar-refractivity contribution < 1.29 is 37.1 Å². The highest BCUT2D eigenvalue weighted by Crippen LogP contribution is 2.65. The fourth-order valence-corrected chi connectivity index (χ4v) is 7.67. The number of amides is 4. The number of rotatable bonds is 9. The smallest absolute Gasteiger partial charge is 0.369 e. The summed E-state index contributed by atoms with van der Waals surface area (Å²) < 4.78 is 45.8. The van der Waals surface area contributed by atoms with Crippen molar-refractivity contribution in [3.8, 4) is 6.07 Å². The number of hydrogen-bond donors (Lipinski definition) is 3. The summed E-state index contributed by atoms with van der Waals surface area (Å²) in [5, 5.41) is 17.2. The first kappa shape index (κ1) is 29.6. The number of hydrogen-bond acceptors (Lipinski definition) is 6. The van der Waals surface area contributed by atoms with Crippen LogP contribution in [-0.4, -0.2) is 76.6 Å². The van der Waals surface area contributed by atoms with E-state index in [-0.39, 0.29) is 36.1 Å². The summed E-state index contributed by atoms with van der Waals surface area (Å²) in [4.78, 5) is 53.1. The van der Waals surface area contributed by atoms with Gasteiger partial charge in [-0.3, -0.25) is 19.2 Å². The van der Waals surface area contributed by atoms with E-state index in [9.17, 15) is 37.6 Å². The summed E-state index contributed by atoms with van der Waals surface area (Å²) in [7, 11) is 0. The molecular weight excluding hydrogens is 543 g/mol. The molecule has 4 amide bonds. The lowest BCUT2D eigenvalue weighted by molar-refractivity contribution is -0.250. The van der Waals surface area contributed by atoms with Crippen molar-refractivity contribution in [2.45, 2.75) is 108 Å². The Balaban J connectivity index is 1.33. The third-order valence-corrected chi connectivity index (χ3v) is 10.0. The number of fused-ring (bicyclic) bond motifs is 1. The Bertz CT molecular complexity index is 1180. The average molecular weight is 582 g/mol. The summed E-state index contributed by atoms with van der Waals surface area (Å²) in [6.45, 7) is 9.24. The van der Waals surface area contributed by atoms with Gasteiger partial charge in [0, 0.05) is 18.0 Å². The minimum absolute atomic E-state index is 0.0723. The lowest BCUT2D eigenvalue weighted by Gasteiger charge is -2.62. The molecule has 10 nitrogen and oxygen atoms in total. The first-order valence-electron chi connectivity index (χ1n) is 14.3. The van der Waals surface area contributed by atoms with Crippen molar-refractivity contribution >= 4 is 23.6 Å². The fraction of sp³-hybridized carbons (Fsp3) is 0.821. The third-order valence-electron chi connectivity index (χ3n) is 10.0. The Labute approximate surface area is 237 Å². The molecule has 3 N–H and O–H groups in total. The van der Waals surface area contributed by atoms with Crippen molar-refractivity contribution in [1.82, 2.24) is 20.9 Å². The van der Waals surface area contributed by atoms with Gasteiger partial charge in [0.1, 0.15) is 18.1 Å². The van der Waals surface area contributed by atoms with Crippen LogP contribution in [-0.2, 0) is 23.9 Å². The minimum atomic E-state index is -5.21. The van der Waals surface area contributed by atoms with Gasteiger partial charge in [-0.2, -0.15) is 18.4 Å². The third kappa shape index (κ3) is 5.28. The molecule has 7 unspecified atom stereocenters. The van der Waals surface area contributed by atoms with Crippen LogP contribution in [0.2, 0.25) is 0 Å². The summed E-state index contributed by atoms with van der Waals surface area (Å²) in [6.07, 6.45) is -3.37. The standard InChI is InChI=1S/C28H38F3N5O5/c1-13(41-27-7-14(8-27)9-27)19(34-24(40)28(29,30)31)23(39)36-12-17-18(26(17,4)5)20(36)22(38)33-16(11-32)6-15-10-25(2,3)35-21(15)37/h13-20H,6-10,12H2,1-5H3,(H,33,38)(H,34,40)(H,35,37). The summed E-state index contributed by atoms with van der Waals surface area (Å²) in [5.74, 6) is -4.17. The highest BCUT2D eigenvalue weighted by Gasteiger charge is 2.70. The predicted octanol–water partition coefficient (Wildman–Crippen LogP) is 1.79. The van der Waals surface area contributed by atoms with Crippen LogP contribution in [0.15, 0.2) is 0 Å². The van der Waals surface area contributed by atoms with Crippen molar-refractivity contribution in [2.75, 3.05) is 6.54 Å². The van der Waals surface area contributed by atoms with Crippen LogP contribution in [0.3, 0.4) is 0 Å². The minimum Gasteiger partial charge on any atom is -0.369 e.